The van der Waals surface area contributed by atoms with Crippen LogP contribution in [0.4, 0.5) is 5.69 Å². The second kappa shape index (κ2) is 9.05. The van der Waals surface area contributed by atoms with Crippen LogP contribution in [0.1, 0.15) is 25.3 Å². The Balaban J connectivity index is 1.68. The van der Waals surface area contributed by atoms with Crippen LogP contribution in [0, 0.1) is 0 Å². The molecule has 2 atom stereocenters. The molecule has 0 fully saturated rings. The monoisotopic (exact) mass is 436 g/mol. The quantitative estimate of drug-likeness (QED) is 0.753. The van der Waals surface area contributed by atoms with Crippen molar-refractivity contribution in [3.63, 3.8) is 0 Å². The summed E-state index contributed by atoms with van der Waals surface area (Å²) in [7, 11) is -3.53. The normalized spacial score (nSPS) is 17.6. The van der Waals surface area contributed by atoms with E-state index in [4.69, 9.17) is 16.3 Å². The third-order valence-electron chi connectivity index (χ3n) is 4.84. The van der Waals surface area contributed by atoms with Gasteiger partial charge in [0.1, 0.15) is 5.75 Å². The minimum atomic E-state index is -3.53. The van der Waals surface area contributed by atoms with Crippen molar-refractivity contribution in [2.45, 2.75) is 38.3 Å². The van der Waals surface area contributed by atoms with E-state index < -0.39 is 16.1 Å². The summed E-state index contributed by atoms with van der Waals surface area (Å²) in [5, 5.41) is 3.39. The van der Waals surface area contributed by atoms with Gasteiger partial charge in [-0.2, -0.15) is 0 Å². The average Bonchev–Trinajstić information content (AvgIpc) is 2.86. The van der Waals surface area contributed by atoms with Crippen molar-refractivity contribution in [3.8, 4) is 5.75 Å². The van der Waals surface area contributed by atoms with Gasteiger partial charge in [0.2, 0.25) is 10.0 Å². The number of rotatable bonds is 6. The van der Waals surface area contributed by atoms with Gasteiger partial charge in [-0.1, -0.05) is 41.9 Å². The van der Waals surface area contributed by atoms with E-state index in [-0.39, 0.29) is 24.9 Å². The highest BCUT2D eigenvalue weighted by Crippen LogP contribution is 2.36. The summed E-state index contributed by atoms with van der Waals surface area (Å²) in [6.45, 7) is 2.09. The Labute approximate surface area is 176 Å². The van der Waals surface area contributed by atoms with Gasteiger partial charge in [-0.25, -0.2) is 8.42 Å². The van der Waals surface area contributed by atoms with Crippen LogP contribution in [0.5, 0.6) is 5.75 Å². The zero-order valence-corrected chi connectivity index (χ0v) is 18.0. The molecule has 156 valence electrons. The van der Waals surface area contributed by atoms with E-state index in [0.717, 1.165) is 19.1 Å². The molecule has 0 saturated carbocycles. The van der Waals surface area contributed by atoms with E-state index in [1.807, 2.05) is 25.1 Å². The first kappa shape index (κ1) is 21.5. The second-order valence-electron chi connectivity index (χ2n) is 7.28. The number of sulfonamides is 1. The molecule has 8 heteroatoms. The van der Waals surface area contributed by atoms with E-state index >= 15 is 0 Å². The number of benzene rings is 2. The minimum Gasteiger partial charge on any atom is -0.478 e. The van der Waals surface area contributed by atoms with E-state index in [9.17, 15) is 13.2 Å². The molecule has 1 aliphatic heterocycles. The van der Waals surface area contributed by atoms with Crippen LogP contribution in [0.3, 0.4) is 0 Å². The number of nitrogens with one attached hydrogen (secondary N) is 1. The number of ether oxygens (including phenoxy) is 1. The fraction of sp³-hybridized carbons (Fsp3) is 0.381. The molecule has 0 radical (unpaired) electrons. The molecule has 0 aromatic heterocycles. The number of nitrogens with zero attached hydrogens (tertiary/aromatic N) is 1. The number of amides is 1. The topological polar surface area (TPSA) is 75.7 Å². The number of hydrogen-bond donors (Lipinski definition) is 1. The van der Waals surface area contributed by atoms with Gasteiger partial charge in [-0.15, -0.1) is 0 Å². The lowest BCUT2D eigenvalue weighted by atomic mass is 10.1. The van der Waals surface area contributed by atoms with E-state index in [1.54, 1.807) is 18.2 Å². The zero-order chi connectivity index (χ0) is 21.0. The van der Waals surface area contributed by atoms with Gasteiger partial charge in [0.25, 0.3) is 5.91 Å². The highest BCUT2D eigenvalue weighted by molar-refractivity contribution is 7.92. The van der Waals surface area contributed by atoms with Crippen molar-refractivity contribution in [2.75, 3.05) is 17.1 Å². The van der Waals surface area contributed by atoms with Crippen molar-refractivity contribution in [2.24, 2.45) is 0 Å². The number of hydrogen-bond acceptors (Lipinski definition) is 4. The Morgan fingerprint density at radius 3 is 2.69 bits per heavy atom. The smallest absolute Gasteiger partial charge is 0.261 e. The summed E-state index contributed by atoms with van der Waals surface area (Å²) in [6.07, 6.45) is 2.25. The summed E-state index contributed by atoms with van der Waals surface area (Å²) >= 11 is 6.04. The third-order valence-corrected chi connectivity index (χ3v) is 6.26. The molecular formula is C21H25ClN2O4S. The van der Waals surface area contributed by atoms with Crippen LogP contribution in [-0.2, 0) is 21.2 Å². The average molecular weight is 437 g/mol. The molecular weight excluding hydrogens is 412 g/mol. The van der Waals surface area contributed by atoms with Gasteiger partial charge in [0, 0.05) is 24.0 Å². The zero-order valence-electron chi connectivity index (χ0n) is 16.5. The molecule has 0 spiro atoms. The first-order valence-corrected chi connectivity index (χ1v) is 11.7. The molecule has 3 rings (SSSR count). The predicted molar refractivity (Wildman–Crippen MR) is 115 cm³/mol. The SMILES string of the molecule is C[C@H](CCc1ccccc1)NC(=O)[C@H]1CCN(S(C)(=O)=O)c2cc(Cl)ccc2O1. The van der Waals surface area contributed by atoms with Crippen LogP contribution >= 0.6 is 11.6 Å². The van der Waals surface area contributed by atoms with Gasteiger partial charge < -0.3 is 10.1 Å². The molecule has 1 aliphatic rings. The molecule has 6 nitrogen and oxygen atoms in total. The summed E-state index contributed by atoms with van der Waals surface area (Å²) in [5.74, 6) is 0.0798. The van der Waals surface area contributed by atoms with Crippen molar-refractivity contribution in [3.05, 3.63) is 59.1 Å². The molecule has 2 aromatic carbocycles. The molecule has 2 aromatic rings. The Hall–Kier alpha value is -2.25. The number of carbonyl (C=O) groups is 1. The van der Waals surface area contributed by atoms with Gasteiger partial charge in [0.05, 0.1) is 11.9 Å². The van der Waals surface area contributed by atoms with Crippen LogP contribution in [0.15, 0.2) is 48.5 Å². The summed E-state index contributed by atoms with van der Waals surface area (Å²) in [5.41, 5.74) is 1.57. The Kier molecular flexibility index (Phi) is 6.70. The van der Waals surface area contributed by atoms with Crippen molar-refractivity contribution < 1.29 is 17.9 Å². The Morgan fingerprint density at radius 1 is 1.28 bits per heavy atom. The van der Waals surface area contributed by atoms with Crippen LogP contribution < -0.4 is 14.4 Å². The van der Waals surface area contributed by atoms with Crippen molar-refractivity contribution >= 4 is 33.2 Å². The van der Waals surface area contributed by atoms with Gasteiger partial charge in [-0.3, -0.25) is 9.10 Å². The number of carbonyl (C=O) groups excluding carboxylic acids is 1. The highest BCUT2D eigenvalue weighted by Gasteiger charge is 2.31. The maximum absolute atomic E-state index is 12.8. The Bertz CT molecular complexity index is 966. The van der Waals surface area contributed by atoms with Gasteiger partial charge in [0.15, 0.2) is 6.10 Å². The predicted octanol–water partition coefficient (Wildman–Crippen LogP) is 3.39. The molecule has 0 aliphatic carbocycles. The summed E-state index contributed by atoms with van der Waals surface area (Å²) in [4.78, 5) is 12.8. The number of halogens is 1. The minimum absolute atomic E-state index is 0.0368. The molecule has 29 heavy (non-hydrogen) atoms. The van der Waals surface area contributed by atoms with E-state index in [1.165, 1.54) is 9.87 Å². The maximum atomic E-state index is 12.8. The number of anilines is 1. The fourth-order valence-electron chi connectivity index (χ4n) is 3.32. The van der Waals surface area contributed by atoms with Gasteiger partial charge >= 0.3 is 0 Å². The lowest BCUT2D eigenvalue weighted by Gasteiger charge is -2.21. The molecule has 0 unspecified atom stereocenters. The Morgan fingerprint density at radius 2 is 2.00 bits per heavy atom. The van der Waals surface area contributed by atoms with Crippen LogP contribution in [-0.4, -0.2) is 39.3 Å². The maximum Gasteiger partial charge on any atom is 0.261 e. The van der Waals surface area contributed by atoms with Gasteiger partial charge in [-0.05, 0) is 43.5 Å². The molecule has 1 N–H and O–H groups in total. The first-order chi connectivity index (χ1) is 13.7. The lowest BCUT2D eigenvalue weighted by molar-refractivity contribution is -0.128. The number of aryl methyl sites for hydroxylation is 1. The largest absolute Gasteiger partial charge is 0.478 e. The molecule has 1 heterocycles. The molecule has 1 amide bonds. The van der Waals surface area contributed by atoms with Crippen LogP contribution in [0.25, 0.3) is 0 Å². The summed E-state index contributed by atoms with van der Waals surface area (Å²) < 4.78 is 31.6. The fourth-order valence-corrected chi connectivity index (χ4v) is 4.42. The van der Waals surface area contributed by atoms with Crippen LogP contribution in [0.2, 0.25) is 5.02 Å². The third kappa shape index (κ3) is 5.64. The van der Waals surface area contributed by atoms with Crippen molar-refractivity contribution in [1.82, 2.24) is 5.32 Å². The van der Waals surface area contributed by atoms with E-state index in [2.05, 4.69) is 17.4 Å². The first-order valence-electron chi connectivity index (χ1n) is 9.52. The summed E-state index contributed by atoms with van der Waals surface area (Å²) in [6, 6.07) is 14.8. The molecule has 0 saturated heterocycles. The van der Waals surface area contributed by atoms with E-state index in [0.29, 0.717) is 16.5 Å². The van der Waals surface area contributed by atoms with Crippen molar-refractivity contribution in [1.29, 1.82) is 0 Å². The standard InChI is InChI=1S/C21H25ClN2O4S/c1-15(8-9-16-6-4-3-5-7-16)23-21(25)20-12-13-24(29(2,26)27)18-14-17(22)10-11-19(18)28-20/h3-7,10-11,14-15,20H,8-9,12-13H2,1-2H3,(H,23,25)/t15-,20-/m1/s1. The molecule has 0 bridgehead atoms. The highest BCUT2D eigenvalue weighted by atomic mass is 35.5. The second-order valence-corrected chi connectivity index (χ2v) is 9.62. The lowest BCUT2D eigenvalue weighted by Crippen LogP contribution is -2.43. The number of fused-ring (bicyclic) bond motifs is 1.